The van der Waals surface area contributed by atoms with Crippen LogP contribution in [-0.4, -0.2) is 35.7 Å². The maximum atomic E-state index is 11.9. The van der Waals surface area contributed by atoms with Gasteiger partial charge in [0.15, 0.2) is 0 Å². The fourth-order valence-corrected chi connectivity index (χ4v) is 2.56. The number of amides is 1. The summed E-state index contributed by atoms with van der Waals surface area (Å²) >= 11 is 0. The van der Waals surface area contributed by atoms with Crippen LogP contribution in [-0.2, 0) is 4.74 Å². The van der Waals surface area contributed by atoms with E-state index in [2.05, 4.69) is 0 Å². The summed E-state index contributed by atoms with van der Waals surface area (Å²) in [5.41, 5.74) is 5.82. The average molecular weight is 254 g/mol. The zero-order valence-electron chi connectivity index (χ0n) is 11.8. The van der Waals surface area contributed by atoms with Gasteiger partial charge in [-0.05, 0) is 45.4 Å². The highest BCUT2D eigenvalue weighted by molar-refractivity contribution is 5.68. The molecular formula is C14H26N2O2. The van der Waals surface area contributed by atoms with Crippen LogP contribution in [0.25, 0.3) is 0 Å². The van der Waals surface area contributed by atoms with E-state index < -0.39 is 5.60 Å². The van der Waals surface area contributed by atoms with Crippen molar-refractivity contribution in [3.05, 3.63) is 0 Å². The molecule has 104 valence electrons. The Morgan fingerprint density at radius 3 is 2.61 bits per heavy atom. The fraction of sp³-hybridized carbons (Fsp3) is 0.929. The molecule has 2 unspecified atom stereocenters. The molecule has 2 aliphatic rings. The van der Waals surface area contributed by atoms with E-state index in [1.807, 2.05) is 25.7 Å². The smallest absolute Gasteiger partial charge is 0.410 e. The zero-order chi connectivity index (χ0) is 13.3. The number of carbonyl (C=O) groups is 1. The van der Waals surface area contributed by atoms with Crippen molar-refractivity contribution in [2.45, 2.75) is 58.1 Å². The molecule has 1 saturated carbocycles. The Labute approximate surface area is 110 Å². The summed E-state index contributed by atoms with van der Waals surface area (Å²) in [6.45, 7) is 7.26. The van der Waals surface area contributed by atoms with E-state index in [1.54, 1.807) is 0 Å². The van der Waals surface area contributed by atoms with Crippen LogP contribution in [0.4, 0.5) is 4.79 Å². The van der Waals surface area contributed by atoms with E-state index in [0.717, 1.165) is 31.8 Å². The average Bonchev–Trinajstić information content (AvgIpc) is 2.91. The Balaban J connectivity index is 1.78. The SMILES string of the molecule is CC(C)(C)OC(=O)N1CCC(C(N)CC2CC2)C1. The predicted molar refractivity (Wildman–Crippen MR) is 71.2 cm³/mol. The van der Waals surface area contributed by atoms with E-state index >= 15 is 0 Å². The minimum absolute atomic E-state index is 0.191. The van der Waals surface area contributed by atoms with E-state index in [0.29, 0.717) is 5.92 Å². The highest BCUT2D eigenvalue weighted by Gasteiger charge is 2.34. The number of nitrogens with zero attached hydrogens (tertiary/aromatic N) is 1. The summed E-state index contributed by atoms with van der Waals surface area (Å²) in [5.74, 6) is 1.31. The molecule has 2 atom stereocenters. The minimum Gasteiger partial charge on any atom is -0.444 e. The van der Waals surface area contributed by atoms with E-state index in [4.69, 9.17) is 10.5 Å². The van der Waals surface area contributed by atoms with Crippen molar-refractivity contribution in [2.24, 2.45) is 17.6 Å². The lowest BCUT2D eigenvalue weighted by atomic mass is 9.95. The highest BCUT2D eigenvalue weighted by atomic mass is 16.6. The third-order valence-electron chi connectivity index (χ3n) is 3.78. The first kappa shape index (κ1) is 13.7. The molecule has 2 N–H and O–H groups in total. The van der Waals surface area contributed by atoms with Gasteiger partial charge in [0.2, 0.25) is 0 Å². The zero-order valence-corrected chi connectivity index (χ0v) is 11.8. The summed E-state index contributed by atoms with van der Waals surface area (Å²) < 4.78 is 5.39. The van der Waals surface area contributed by atoms with Gasteiger partial charge < -0.3 is 15.4 Å². The number of likely N-dealkylation sites (tertiary alicyclic amines) is 1. The highest BCUT2D eigenvalue weighted by Crippen LogP contribution is 2.35. The lowest BCUT2D eigenvalue weighted by Crippen LogP contribution is -2.37. The van der Waals surface area contributed by atoms with Gasteiger partial charge in [0.05, 0.1) is 0 Å². The van der Waals surface area contributed by atoms with Gasteiger partial charge in [-0.2, -0.15) is 0 Å². The van der Waals surface area contributed by atoms with Gasteiger partial charge in [-0.3, -0.25) is 0 Å². The third kappa shape index (κ3) is 3.87. The molecule has 1 aliphatic carbocycles. The standard InChI is InChI=1S/C14H26N2O2/c1-14(2,3)18-13(17)16-7-6-11(9-16)12(15)8-10-4-5-10/h10-12H,4-9,15H2,1-3H3. The van der Waals surface area contributed by atoms with Crippen molar-refractivity contribution in [1.82, 2.24) is 4.90 Å². The van der Waals surface area contributed by atoms with Gasteiger partial charge in [-0.15, -0.1) is 0 Å². The molecule has 18 heavy (non-hydrogen) atoms. The van der Waals surface area contributed by atoms with Crippen LogP contribution in [0.5, 0.6) is 0 Å². The maximum absolute atomic E-state index is 11.9. The number of hydrogen-bond donors (Lipinski definition) is 1. The monoisotopic (exact) mass is 254 g/mol. The molecule has 0 aromatic rings. The Morgan fingerprint density at radius 1 is 1.39 bits per heavy atom. The Morgan fingerprint density at radius 2 is 2.06 bits per heavy atom. The lowest BCUT2D eigenvalue weighted by molar-refractivity contribution is 0.0286. The van der Waals surface area contributed by atoms with Crippen LogP contribution < -0.4 is 5.73 Å². The first-order valence-corrected chi connectivity index (χ1v) is 7.08. The summed E-state index contributed by atoms with van der Waals surface area (Å²) in [6, 6.07) is 0.255. The number of nitrogens with two attached hydrogens (primary N) is 1. The molecule has 4 heteroatoms. The van der Waals surface area contributed by atoms with Crippen molar-refractivity contribution in [3.8, 4) is 0 Å². The van der Waals surface area contributed by atoms with Crippen molar-refractivity contribution in [1.29, 1.82) is 0 Å². The largest absolute Gasteiger partial charge is 0.444 e. The molecule has 0 radical (unpaired) electrons. The predicted octanol–water partition coefficient (Wildman–Crippen LogP) is 2.37. The van der Waals surface area contributed by atoms with Crippen LogP contribution in [0.3, 0.4) is 0 Å². The Hall–Kier alpha value is -0.770. The van der Waals surface area contributed by atoms with Gasteiger partial charge in [0.25, 0.3) is 0 Å². The van der Waals surface area contributed by atoms with Crippen molar-refractivity contribution >= 4 is 6.09 Å². The summed E-state index contributed by atoms with van der Waals surface area (Å²) in [7, 11) is 0. The number of hydrogen-bond acceptors (Lipinski definition) is 3. The number of rotatable bonds is 3. The molecule has 0 aromatic carbocycles. The topological polar surface area (TPSA) is 55.6 Å². The second-order valence-electron chi connectivity index (χ2n) is 6.82. The van der Waals surface area contributed by atoms with Gasteiger partial charge in [-0.1, -0.05) is 12.8 Å². The van der Waals surface area contributed by atoms with E-state index in [9.17, 15) is 4.79 Å². The van der Waals surface area contributed by atoms with Crippen LogP contribution in [0, 0.1) is 11.8 Å². The molecule has 1 saturated heterocycles. The summed E-state index contributed by atoms with van der Waals surface area (Å²) in [4.78, 5) is 13.7. The number of ether oxygens (including phenoxy) is 1. The fourth-order valence-electron chi connectivity index (χ4n) is 2.56. The minimum atomic E-state index is -0.411. The normalized spacial score (nSPS) is 26.2. The molecule has 1 amide bonds. The third-order valence-corrected chi connectivity index (χ3v) is 3.78. The molecule has 1 aliphatic heterocycles. The van der Waals surface area contributed by atoms with Crippen LogP contribution in [0.1, 0.15) is 46.5 Å². The second-order valence-corrected chi connectivity index (χ2v) is 6.82. The van der Waals surface area contributed by atoms with Crippen LogP contribution >= 0.6 is 0 Å². The molecule has 2 rings (SSSR count). The summed E-state index contributed by atoms with van der Waals surface area (Å²) in [5, 5.41) is 0. The Bertz CT molecular complexity index is 307. The van der Waals surface area contributed by atoms with Crippen molar-refractivity contribution < 1.29 is 9.53 Å². The molecule has 4 nitrogen and oxygen atoms in total. The first-order chi connectivity index (χ1) is 8.35. The quantitative estimate of drug-likeness (QED) is 0.841. The van der Waals surface area contributed by atoms with Gasteiger partial charge in [0.1, 0.15) is 5.60 Å². The van der Waals surface area contributed by atoms with Gasteiger partial charge in [0, 0.05) is 19.1 Å². The second kappa shape index (κ2) is 5.08. The molecule has 0 bridgehead atoms. The lowest BCUT2D eigenvalue weighted by Gasteiger charge is -2.25. The Kier molecular flexibility index (Phi) is 3.85. The van der Waals surface area contributed by atoms with E-state index in [1.165, 1.54) is 12.8 Å². The molecule has 2 fully saturated rings. The summed E-state index contributed by atoms with van der Waals surface area (Å²) in [6.07, 6.45) is 4.65. The first-order valence-electron chi connectivity index (χ1n) is 7.08. The molecule has 0 aromatic heterocycles. The molecule has 1 heterocycles. The van der Waals surface area contributed by atoms with Crippen molar-refractivity contribution in [2.75, 3.05) is 13.1 Å². The van der Waals surface area contributed by atoms with Gasteiger partial charge >= 0.3 is 6.09 Å². The number of carbonyl (C=O) groups excluding carboxylic acids is 1. The maximum Gasteiger partial charge on any atom is 0.410 e. The van der Waals surface area contributed by atoms with Gasteiger partial charge in [-0.25, -0.2) is 4.79 Å². The van der Waals surface area contributed by atoms with E-state index in [-0.39, 0.29) is 12.1 Å². The van der Waals surface area contributed by atoms with Crippen molar-refractivity contribution in [3.63, 3.8) is 0 Å². The van der Waals surface area contributed by atoms with Crippen LogP contribution in [0.15, 0.2) is 0 Å². The molecule has 0 spiro atoms. The molecular weight excluding hydrogens is 228 g/mol. The van der Waals surface area contributed by atoms with Crippen LogP contribution in [0.2, 0.25) is 0 Å².